The maximum atomic E-state index is 11.9. The summed E-state index contributed by atoms with van der Waals surface area (Å²) in [6, 6.07) is 12.0. The van der Waals surface area contributed by atoms with Crippen LogP contribution in [0, 0.1) is 6.92 Å². The quantitative estimate of drug-likeness (QED) is 0.370. The average Bonchev–Trinajstić information content (AvgIpc) is 2.59. The zero-order valence-corrected chi connectivity index (χ0v) is 15.9. The Bertz CT molecular complexity index is 726. The third kappa shape index (κ3) is 7.10. The number of hydrogen-bond donors (Lipinski definition) is 1. The molecule has 0 heterocycles. The molecule has 0 spiro atoms. The number of nitrogens with zero attached hydrogens (tertiary/aromatic N) is 2. The third-order valence-electron chi connectivity index (χ3n) is 3.28. The van der Waals surface area contributed by atoms with Gasteiger partial charge in [-0.2, -0.15) is 0 Å². The second-order valence-corrected chi connectivity index (χ2v) is 5.94. The van der Waals surface area contributed by atoms with Crippen LogP contribution in [0.3, 0.4) is 0 Å². The second kappa shape index (κ2) is 10.7. The number of halogens is 2. The van der Waals surface area contributed by atoms with Crippen molar-refractivity contribution in [1.82, 2.24) is 0 Å². The van der Waals surface area contributed by atoms with Gasteiger partial charge in [-0.3, -0.25) is 4.99 Å². The monoisotopic (exact) mass is 363 g/mol. The summed E-state index contributed by atoms with van der Waals surface area (Å²) in [4.78, 5) is 8.41. The summed E-state index contributed by atoms with van der Waals surface area (Å²) in [7, 11) is 4.34. The van der Waals surface area contributed by atoms with Crippen molar-refractivity contribution in [2.75, 3.05) is 12.8 Å². The van der Waals surface area contributed by atoms with Crippen molar-refractivity contribution in [2.24, 2.45) is 9.98 Å². The Morgan fingerprint density at radius 1 is 1.20 bits per heavy atom. The van der Waals surface area contributed by atoms with Crippen LogP contribution in [0.1, 0.15) is 36.5 Å². The summed E-state index contributed by atoms with van der Waals surface area (Å²) in [6.45, 7) is 3.91. The molecule has 25 heavy (non-hydrogen) atoms. The SMILES string of the molecule is CCC=NC(=NC)c1ccc(N)c(P)c1.Cc1ccc(C(F)F)cc1. The van der Waals surface area contributed by atoms with E-state index in [1.807, 2.05) is 38.3 Å². The van der Waals surface area contributed by atoms with E-state index < -0.39 is 6.43 Å². The van der Waals surface area contributed by atoms with Gasteiger partial charge in [-0.25, -0.2) is 13.8 Å². The van der Waals surface area contributed by atoms with Crippen LogP contribution in [0.2, 0.25) is 0 Å². The number of rotatable bonds is 3. The van der Waals surface area contributed by atoms with Gasteiger partial charge in [0.25, 0.3) is 6.43 Å². The van der Waals surface area contributed by atoms with E-state index in [1.54, 1.807) is 19.2 Å². The highest BCUT2D eigenvalue weighted by Gasteiger charge is 2.04. The van der Waals surface area contributed by atoms with Gasteiger partial charge in [0.1, 0.15) is 0 Å². The highest BCUT2D eigenvalue weighted by Crippen LogP contribution is 2.18. The van der Waals surface area contributed by atoms with E-state index in [4.69, 9.17) is 5.73 Å². The lowest BCUT2D eigenvalue weighted by Gasteiger charge is -2.03. The molecule has 0 bridgehead atoms. The molecule has 134 valence electrons. The summed E-state index contributed by atoms with van der Waals surface area (Å²) in [5, 5.41) is 0.973. The van der Waals surface area contributed by atoms with Gasteiger partial charge < -0.3 is 5.73 Å². The first-order valence-electron chi connectivity index (χ1n) is 7.88. The molecule has 0 fully saturated rings. The Morgan fingerprint density at radius 3 is 2.32 bits per heavy atom. The molecule has 6 heteroatoms. The minimum atomic E-state index is -2.35. The van der Waals surface area contributed by atoms with E-state index in [0.717, 1.165) is 34.4 Å². The Labute approximate surface area is 150 Å². The van der Waals surface area contributed by atoms with Crippen LogP contribution in [0.5, 0.6) is 0 Å². The molecule has 3 nitrogen and oxygen atoms in total. The van der Waals surface area contributed by atoms with Gasteiger partial charge >= 0.3 is 0 Å². The van der Waals surface area contributed by atoms with Crippen LogP contribution in [0.25, 0.3) is 0 Å². The molecule has 0 aliphatic heterocycles. The van der Waals surface area contributed by atoms with Gasteiger partial charge in [-0.15, -0.1) is 9.24 Å². The first-order chi connectivity index (χ1) is 11.9. The molecule has 2 rings (SSSR count). The summed E-state index contributed by atoms with van der Waals surface area (Å²) < 4.78 is 23.8. The molecule has 0 aromatic heterocycles. The molecule has 0 saturated carbocycles. The van der Waals surface area contributed by atoms with Crippen molar-refractivity contribution in [3.63, 3.8) is 0 Å². The largest absolute Gasteiger partial charge is 0.398 e. The van der Waals surface area contributed by atoms with Crippen LogP contribution in [-0.4, -0.2) is 19.1 Å². The number of aliphatic imine (C=N–C) groups is 2. The highest BCUT2D eigenvalue weighted by atomic mass is 31.0. The van der Waals surface area contributed by atoms with Crippen LogP contribution >= 0.6 is 9.24 Å². The Balaban J connectivity index is 0.000000271. The van der Waals surface area contributed by atoms with Crippen molar-refractivity contribution in [3.05, 3.63) is 59.2 Å². The lowest BCUT2D eigenvalue weighted by Crippen LogP contribution is -2.06. The normalized spacial score (nSPS) is 11.6. The van der Waals surface area contributed by atoms with E-state index in [-0.39, 0.29) is 5.56 Å². The summed E-state index contributed by atoms with van der Waals surface area (Å²) in [5.41, 5.74) is 8.57. The van der Waals surface area contributed by atoms with E-state index in [1.165, 1.54) is 12.1 Å². The maximum absolute atomic E-state index is 11.9. The van der Waals surface area contributed by atoms with Crippen LogP contribution in [-0.2, 0) is 0 Å². The molecule has 1 unspecified atom stereocenters. The number of amidine groups is 1. The van der Waals surface area contributed by atoms with Crippen molar-refractivity contribution in [2.45, 2.75) is 26.7 Å². The minimum Gasteiger partial charge on any atom is -0.398 e. The van der Waals surface area contributed by atoms with Crippen molar-refractivity contribution in [1.29, 1.82) is 0 Å². The average molecular weight is 363 g/mol. The predicted octanol–water partition coefficient (Wildman–Crippen LogP) is 4.56. The molecule has 0 aliphatic carbocycles. The summed E-state index contributed by atoms with van der Waals surface area (Å²) in [6.07, 6.45) is 0.406. The zero-order valence-electron chi connectivity index (χ0n) is 14.7. The first kappa shape index (κ1) is 20.9. The maximum Gasteiger partial charge on any atom is 0.263 e. The number of hydrogen-bond acceptors (Lipinski definition) is 2. The van der Waals surface area contributed by atoms with E-state index in [9.17, 15) is 8.78 Å². The van der Waals surface area contributed by atoms with Gasteiger partial charge in [-0.1, -0.05) is 36.8 Å². The molecular weight excluding hydrogens is 339 g/mol. The first-order valence-corrected chi connectivity index (χ1v) is 8.46. The van der Waals surface area contributed by atoms with Gasteiger partial charge in [0, 0.05) is 30.1 Å². The Kier molecular flexibility index (Phi) is 8.93. The lowest BCUT2D eigenvalue weighted by molar-refractivity contribution is 0.151. The molecule has 0 saturated heterocycles. The lowest BCUT2D eigenvalue weighted by atomic mass is 10.2. The number of nitrogen functional groups attached to an aromatic ring is 1. The third-order valence-corrected chi connectivity index (χ3v) is 3.78. The highest BCUT2D eigenvalue weighted by molar-refractivity contribution is 7.28. The van der Waals surface area contributed by atoms with Gasteiger partial charge in [0.05, 0.1) is 0 Å². The fourth-order valence-electron chi connectivity index (χ4n) is 1.86. The molecular formula is C19H24F2N3P. The Hall–Kier alpha value is -2.13. The van der Waals surface area contributed by atoms with Crippen molar-refractivity contribution < 1.29 is 8.78 Å². The molecule has 2 aromatic rings. The number of aryl methyl sites for hydroxylation is 1. The zero-order chi connectivity index (χ0) is 18.8. The molecule has 0 radical (unpaired) electrons. The fraction of sp³-hybridized carbons (Fsp3) is 0.263. The fourth-order valence-corrected chi connectivity index (χ4v) is 2.14. The molecule has 1 atom stereocenters. The summed E-state index contributed by atoms with van der Waals surface area (Å²) >= 11 is 0. The smallest absolute Gasteiger partial charge is 0.263 e. The van der Waals surface area contributed by atoms with Crippen LogP contribution in [0.15, 0.2) is 52.4 Å². The predicted molar refractivity (Wildman–Crippen MR) is 108 cm³/mol. The number of benzene rings is 2. The van der Waals surface area contributed by atoms with Crippen molar-refractivity contribution in [3.8, 4) is 0 Å². The number of alkyl halides is 2. The van der Waals surface area contributed by atoms with Crippen molar-refractivity contribution >= 4 is 32.3 Å². The van der Waals surface area contributed by atoms with Crippen LogP contribution < -0.4 is 11.0 Å². The van der Waals surface area contributed by atoms with E-state index in [2.05, 4.69) is 19.2 Å². The standard InChI is InChI=1S/C11H16N3P.C8H8F2/c1-3-6-14-11(13-2)8-4-5-9(12)10(15)7-8;1-6-2-4-7(5-3-6)8(9)10/h4-7H,3,12,15H2,1-2H3;2-5,8H,1H3. The topological polar surface area (TPSA) is 50.7 Å². The molecule has 2 aromatic carbocycles. The minimum absolute atomic E-state index is 0.0885. The second-order valence-electron chi connectivity index (χ2n) is 5.32. The van der Waals surface area contributed by atoms with E-state index >= 15 is 0 Å². The van der Waals surface area contributed by atoms with Gasteiger partial charge in [-0.05, 0) is 36.8 Å². The van der Waals surface area contributed by atoms with E-state index in [0.29, 0.717) is 0 Å². The number of anilines is 1. The van der Waals surface area contributed by atoms with Gasteiger partial charge in [0.2, 0.25) is 0 Å². The summed E-state index contributed by atoms with van der Waals surface area (Å²) in [5.74, 6) is 0.737. The molecule has 2 N–H and O–H groups in total. The molecule has 0 amide bonds. The molecule has 0 aliphatic rings. The Morgan fingerprint density at radius 2 is 1.84 bits per heavy atom. The number of nitrogens with two attached hydrogens (primary N) is 1. The van der Waals surface area contributed by atoms with Gasteiger partial charge in [0.15, 0.2) is 5.84 Å². The van der Waals surface area contributed by atoms with Crippen LogP contribution in [0.4, 0.5) is 14.5 Å².